The van der Waals surface area contributed by atoms with Crippen molar-refractivity contribution in [1.29, 1.82) is 0 Å². The maximum atomic E-state index is 12.3. The highest BCUT2D eigenvalue weighted by molar-refractivity contribution is 5.69. The van der Waals surface area contributed by atoms with Crippen LogP contribution in [0.25, 0.3) is 11.1 Å². The van der Waals surface area contributed by atoms with Gasteiger partial charge in [0.2, 0.25) is 0 Å². The summed E-state index contributed by atoms with van der Waals surface area (Å²) in [4.78, 5) is 12.3. The van der Waals surface area contributed by atoms with Gasteiger partial charge in [0.1, 0.15) is 11.5 Å². The van der Waals surface area contributed by atoms with Crippen LogP contribution in [0.4, 0.5) is 18.9 Å². The highest BCUT2D eigenvalue weighted by atomic mass is 19.4. The highest BCUT2D eigenvalue weighted by Crippen LogP contribution is 2.27. The van der Waals surface area contributed by atoms with Gasteiger partial charge < -0.3 is 19.6 Å². The van der Waals surface area contributed by atoms with E-state index in [2.05, 4.69) is 9.89 Å². The summed E-state index contributed by atoms with van der Waals surface area (Å²) >= 11 is 0. The molecule has 0 amide bonds. The first kappa shape index (κ1) is 18.6. The zero-order valence-electron chi connectivity index (χ0n) is 14.5. The van der Waals surface area contributed by atoms with E-state index in [-0.39, 0.29) is 18.0 Å². The van der Waals surface area contributed by atoms with Crippen LogP contribution in [-0.2, 0) is 6.54 Å². The number of aryl methyl sites for hydroxylation is 2. The number of alkyl halides is 3. The zero-order valence-corrected chi connectivity index (χ0v) is 14.5. The lowest BCUT2D eigenvalue weighted by molar-refractivity contribution is -0.274. The van der Waals surface area contributed by atoms with Crippen LogP contribution in [0.5, 0.6) is 5.75 Å². The molecule has 2 N–H and O–H groups in total. The SMILES string of the molecule is Cc1noc(C)c1-c1cc(N)c(=O)n(Cc2ccc(OC(F)(F)F)cc2)c1. The van der Waals surface area contributed by atoms with Crippen LogP contribution in [-0.4, -0.2) is 16.1 Å². The number of ether oxygens (including phenoxy) is 1. The fraction of sp³-hybridized carbons (Fsp3) is 0.222. The molecule has 9 heteroatoms. The van der Waals surface area contributed by atoms with Gasteiger partial charge in [-0.2, -0.15) is 0 Å². The van der Waals surface area contributed by atoms with Gasteiger partial charge in [0.25, 0.3) is 5.56 Å². The van der Waals surface area contributed by atoms with E-state index in [1.165, 1.54) is 28.8 Å². The molecule has 0 unspecified atom stereocenters. The van der Waals surface area contributed by atoms with E-state index in [0.717, 1.165) is 5.56 Å². The predicted octanol–water partition coefficient (Wildman–Crippen LogP) is 3.65. The number of rotatable bonds is 4. The first-order chi connectivity index (χ1) is 12.6. The van der Waals surface area contributed by atoms with Crippen molar-refractivity contribution in [3.63, 3.8) is 0 Å². The molecule has 0 fully saturated rings. The van der Waals surface area contributed by atoms with Crippen molar-refractivity contribution in [3.05, 3.63) is 63.9 Å². The van der Waals surface area contributed by atoms with Gasteiger partial charge in [-0.1, -0.05) is 17.3 Å². The third-order valence-corrected chi connectivity index (χ3v) is 3.95. The third kappa shape index (κ3) is 4.13. The number of anilines is 1. The standard InChI is InChI=1S/C18H16F3N3O3/c1-10-16(11(2)27-23-10)13-7-15(22)17(25)24(9-13)8-12-3-5-14(6-4-12)26-18(19,20)21/h3-7,9H,8,22H2,1-2H3. The molecule has 2 heterocycles. The molecule has 1 aromatic carbocycles. The second kappa shape index (κ2) is 6.82. The van der Waals surface area contributed by atoms with Gasteiger partial charge in [-0.15, -0.1) is 13.2 Å². The number of hydrogen-bond acceptors (Lipinski definition) is 5. The minimum atomic E-state index is -4.75. The van der Waals surface area contributed by atoms with Gasteiger partial charge in [0, 0.05) is 17.3 Å². The highest BCUT2D eigenvalue weighted by Gasteiger charge is 2.30. The van der Waals surface area contributed by atoms with Gasteiger partial charge in [-0.25, -0.2) is 0 Å². The Morgan fingerprint density at radius 2 is 1.89 bits per heavy atom. The van der Waals surface area contributed by atoms with Crippen molar-refractivity contribution in [2.24, 2.45) is 0 Å². The van der Waals surface area contributed by atoms with E-state index in [1.807, 2.05) is 0 Å². The summed E-state index contributed by atoms with van der Waals surface area (Å²) in [6.45, 7) is 3.66. The smallest absolute Gasteiger partial charge is 0.406 e. The van der Waals surface area contributed by atoms with Crippen LogP contribution in [0.3, 0.4) is 0 Å². The number of nitrogen functional groups attached to an aromatic ring is 1. The fourth-order valence-corrected chi connectivity index (χ4v) is 2.80. The topological polar surface area (TPSA) is 83.3 Å². The maximum absolute atomic E-state index is 12.3. The summed E-state index contributed by atoms with van der Waals surface area (Å²) in [5.74, 6) is 0.258. The number of hydrogen-bond donors (Lipinski definition) is 1. The lowest BCUT2D eigenvalue weighted by Gasteiger charge is -2.12. The molecule has 0 aliphatic carbocycles. The predicted molar refractivity (Wildman–Crippen MR) is 92.3 cm³/mol. The molecule has 3 rings (SSSR count). The minimum absolute atomic E-state index is 0.0459. The first-order valence-corrected chi connectivity index (χ1v) is 7.92. The van der Waals surface area contributed by atoms with Crippen molar-refractivity contribution in [2.45, 2.75) is 26.8 Å². The molecule has 0 aliphatic rings. The van der Waals surface area contributed by atoms with E-state index in [4.69, 9.17) is 10.3 Å². The molecule has 0 atom stereocenters. The fourth-order valence-electron chi connectivity index (χ4n) is 2.80. The van der Waals surface area contributed by atoms with Crippen molar-refractivity contribution in [3.8, 4) is 16.9 Å². The molecule has 2 aromatic heterocycles. The van der Waals surface area contributed by atoms with Gasteiger partial charge in [-0.3, -0.25) is 4.79 Å². The molecular weight excluding hydrogens is 363 g/mol. The maximum Gasteiger partial charge on any atom is 0.573 e. The number of aromatic nitrogens is 2. The van der Waals surface area contributed by atoms with E-state index >= 15 is 0 Å². The first-order valence-electron chi connectivity index (χ1n) is 7.92. The van der Waals surface area contributed by atoms with E-state index in [0.29, 0.717) is 22.6 Å². The third-order valence-electron chi connectivity index (χ3n) is 3.95. The van der Waals surface area contributed by atoms with Crippen molar-refractivity contribution >= 4 is 5.69 Å². The Labute approximate surface area is 152 Å². The molecule has 6 nitrogen and oxygen atoms in total. The zero-order chi connectivity index (χ0) is 19.8. The summed E-state index contributed by atoms with van der Waals surface area (Å²) in [5, 5.41) is 3.89. The van der Waals surface area contributed by atoms with Crippen molar-refractivity contribution < 1.29 is 22.4 Å². The second-order valence-corrected chi connectivity index (χ2v) is 6.01. The number of halogens is 3. The quantitative estimate of drug-likeness (QED) is 0.748. The summed E-state index contributed by atoms with van der Waals surface area (Å²) in [6.07, 6.45) is -3.14. The monoisotopic (exact) mass is 379 g/mol. The molecule has 3 aromatic rings. The Bertz CT molecular complexity index is 1000. The Balaban J connectivity index is 1.92. The van der Waals surface area contributed by atoms with E-state index in [1.54, 1.807) is 26.1 Å². The number of benzene rings is 1. The van der Waals surface area contributed by atoms with Crippen molar-refractivity contribution in [2.75, 3.05) is 5.73 Å². The van der Waals surface area contributed by atoms with E-state index in [9.17, 15) is 18.0 Å². The average molecular weight is 379 g/mol. The number of nitrogens with zero attached hydrogens (tertiary/aromatic N) is 2. The van der Waals surface area contributed by atoms with Crippen LogP contribution < -0.4 is 16.0 Å². The molecule has 0 bridgehead atoms. The van der Waals surface area contributed by atoms with E-state index < -0.39 is 11.9 Å². The lowest BCUT2D eigenvalue weighted by atomic mass is 10.1. The van der Waals surface area contributed by atoms with Gasteiger partial charge in [0.15, 0.2) is 0 Å². The summed E-state index contributed by atoms with van der Waals surface area (Å²) in [7, 11) is 0. The van der Waals surface area contributed by atoms with Crippen LogP contribution in [0.2, 0.25) is 0 Å². The molecule has 27 heavy (non-hydrogen) atoms. The summed E-state index contributed by atoms with van der Waals surface area (Å²) in [6, 6.07) is 6.83. The number of pyridine rings is 1. The molecular formula is C18H16F3N3O3. The van der Waals surface area contributed by atoms with Crippen LogP contribution >= 0.6 is 0 Å². The largest absolute Gasteiger partial charge is 0.573 e. The van der Waals surface area contributed by atoms with Gasteiger partial charge >= 0.3 is 6.36 Å². The van der Waals surface area contributed by atoms with Crippen LogP contribution in [0, 0.1) is 13.8 Å². The minimum Gasteiger partial charge on any atom is -0.406 e. The van der Waals surface area contributed by atoms with Crippen LogP contribution in [0.1, 0.15) is 17.0 Å². The lowest BCUT2D eigenvalue weighted by Crippen LogP contribution is -2.23. The Morgan fingerprint density at radius 1 is 1.22 bits per heavy atom. The molecule has 142 valence electrons. The average Bonchev–Trinajstić information content (AvgIpc) is 2.91. The molecule has 0 saturated carbocycles. The Morgan fingerprint density at radius 3 is 2.44 bits per heavy atom. The van der Waals surface area contributed by atoms with Crippen molar-refractivity contribution in [1.82, 2.24) is 9.72 Å². The Kier molecular flexibility index (Phi) is 4.69. The molecule has 0 radical (unpaired) electrons. The normalized spacial score (nSPS) is 11.6. The number of nitrogens with two attached hydrogens (primary N) is 1. The van der Waals surface area contributed by atoms with Crippen LogP contribution in [0.15, 0.2) is 45.8 Å². The van der Waals surface area contributed by atoms with Gasteiger partial charge in [-0.05, 0) is 37.6 Å². The summed E-state index contributed by atoms with van der Waals surface area (Å²) < 4.78 is 47.1. The molecule has 0 aliphatic heterocycles. The Hall–Kier alpha value is -3.23. The summed E-state index contributed by atoms with van der Waals surface area (Å²) in [5.41, 5.74) is 8.17. The second-order valence-electron chi connectivity index (χ2n) is 6.01. The molecule has 0 saturated heterocycles. The van der Waals surface area contributed by atoms with Gasteiger partial charge in [0.05, 0.1) is 17.9 Å². The molecule has 0 spiro atoms.